The number of amides is 1. The first-order valence-electron chi connectivity index (χ1n) is 4.62. The molecule has 13 heavy (non-hydrogen) atoms. The van der Waals surface area contributed by atoms with Crippen LogP contribution in [0.3, 0.4) is 0 Å². The Kier molecular flexibility index (Phi) is 2.36. The van der Waals surface area contributed by atoms with Gasteiger partial charge < -0.3 is 4.90 Å². The fourth-order valence-electron chi connectivity index (χ4n) is 1.79. The number of nitrogens with zero attached hydrogens (tertiary/aromatic N) is 1. The predicted molar refractivity (Wildman–Crippen MR) is 54.1 cm³/mol. The van der Waals surface area contributed by atoms with Crippen LogP contribution in [0.2, 0.25) is 0 Å². The Balaban J connectivity index is 2.13. The largest absolute Gasteiger partial charge is 0.336 e. The lowest BCUT2D eigenvalue weighted by atomic mass is 10.2. The average Bonchev–Trinajstić information content (AvgIpc) is 2.72. The molecule has 2 nitrogen and oxygen atoms in total. The molecule has 2 heterocycles. The van der Waals surface area contributed by atoms with Crippen LogP contribution < -0.4 is 0 Å². The number of hydrogen-bond donors (Lipinski definition) is 0. The van der Waals surface area contributed by atoms with Crippen molar-refractivity contribution in [3.05, 3.63) is 22.4 Å². The third-order valence-electron chi connectivity index (χ3n) is 2.58. The summed E-state index contributed by atoms with van der Waals surface area (Å²) in [6, 6.07) is 2.32. The molecule has 1 atom stereocenters. The highest BCUT2D eigenvalue weighted by molar-refractivity contribution is 7.08. The zero-order valence-corrected chi connectivity index (χ0v) is 8.51. The van der Waals surface area contributed by atoms with E-state index in [1.165, 1.54) is 0 Å². The number of rotatable bonds is 1. The fraction of sp³-hybridized carbons (Fsp3) is 0.500. The van der Waals surface area contributed by atoms with E-state index in [1.54, 1.807) is 11.3 Å². The molecule has 1 amide bonds. The second kappa shape index (κ2) is 3.50. The smallest absolute Gasteiger partial charge is 0.254 e. The van der Waals surface area contributed by atoms with Crippen LogP contribution in [0.1, 0.15) is 30.1 Å². The van der Waals surface area contributed by atoms with Gasteiger partial charge in [-0.3, -0.25) is 4.79 Å². The minimum atomic E-state index is 0.200. The normalized spacial score (nSPS) is 22.2. The third kappa shape index (κ3) is 1.61. The number of likely N-dealkylation sites (tertiary alicyclic amines) is 1. The van der Waals surface area contributed by atoms with Crippen LogP contribution in [0.5, 0.6) is 0 Å². The van der Waals surface area contributed by atoms with Crippen molar-refractivity contribution in [2.24, 2.45) is 0 Å². The van der Waals surface area contributed by atoms with Gasteiger partial charge in [0.15, 0.2) is 0 Å². The number of carbonyl (C=O) groups excluding carboxylic acids is 1. The highest BCUT2D eigenvalue weighted by Crippen LogP contribution is 2.20. The Labute approximate surface area is 82.2 Å². The second-order valence-corrected chi connectivity index (χ2v) is 4.28. The molecule has 1 aliphatic rings. The van der Waals surface area contributed by atoms with E-state index >= 15 is 0 Å². The van der Waals surface area contributed by atoms with Crippen LogP contribution >= 0.6 is 11.3 Å². The summed E-state index contributed by atoms with van der Waals surface area (Å²) in [6.45, 7) is 3.05. The first kappa shape index (κ1) is 8.75. The Morgan fingerprint density at radius 3 is 3.08 bits per heavy atom. The summed E-state index contributed by atoms with van der Waals surface area (Å²) in [5, 5.41) is 3.88. The standard InChI is InChI=1S/C10H13NOS/c1-8-3-2-5-11(8)10(12)9-4-6-13-7-9/h4,6-8H,2-3,5H2,1H3. The molecule has 0 radical (unpaired) electrons. The Morgan fingerprint density at radius 1 is 1.69 bits per heavy atom. The number of thiophene rings is 1. The average molecular weight is 195 g/mol. The van der Waals surface area contributed by atoms with Gasteiger partial charge in [0.1, 0.15) is 0 Å². The predicted octanol–water partition coefficient (Wildman–Crippen LogP) is 2.37. The summed E-state index contributed by atoms with van der Waals surface area (Å²) >= 11 is 1.58. The molecular formula is C10H13NOS. The maximum absolute atomic E-state index is 11.9. The first-order chi connectivity index (χ1) is 6.29. The Morgan fingerprint density at radius 2 is 2.54 bits per heavy atom. The SMILES string of the molecule is CC1CCCN1C(=O)c1ccsc1. The maximum Gasteiger partial charge on any atom is 0.254 e. The van der Waals surface area contributed by atoms with Gasteiger partial charge in [-0.25, -0.2) is 0 Å². The van der Waals surface area contributed by atoms with Gasteiger partial charge in [0, 0.05) is 18.0 Å². The quantitative estimate of drug-likeness (QED) is 0.673. The van der Waals surface area contributed by atoms with Gasteiger partial charge in [-0.1, -0.05) is 0 Å². The van der Waals surface area contributed by atoms with Crippen molar-refractivity contribution in [3.8, 4) is 0 Å². The van der Waals surface area contributed by atoms with Crippen molar-refractivity contribution >= 4 is 17.2 Å². The van der Waals surface area contributed by atoms with Gasteiger partial charge in [-0.2, -0.15) is 11.3 Å². The molecule has 1 aliphatic heterocycles. The van der Waals surface area contributed by atoms with Gasteiger partial charge in [0.05, 0.1) is 5.56 Å². The fourth-order valence-corrected chi connectivity index (χ4v) is 2.42. The van der Waals surface area contributed by atoms with Crippen molar-refractivity contribution in [1.29, 1.82) is 0 Å². The molecule has 1 saturated heterocycles. The molecule has 0 spiro atoms. The highest BCUT2D eigenvalue weighted by Gasteiger charge is 2.25. The van der Waals surface area contributed by atoms with Crippen LogP contribution in [-0.4, -0.2) is 23.4 Å². The number of hydrogen-bond acceptors (Lipinski definition) is 2. The maximum atomic E-state index is 11.9. The van der Waals surface area contributed by atoms with E-state index in [0.29, 0.717) is 6.04 Å². The lowest BCUT2D eigenvalue weighted by Crippen LogP contribution is -2.33. The minimum Gasteiger partial charge on any atom is -0.336 e. The summed E-state index contributed by atoms with van der Waals surface area (Å²) < 4.78 is 0. The molecular weight excluding hydrogens is 182 g/mol. The van der Waals surface area contributed by atoms with Crippen molar-refractivity contribution in [2.75, 3.05) is 6.54 Å². The Hall–Kier alpha value is -0.830. The van der Waals surface area contributed by atoms with E-state index < -0.39 is 0 Å². The van der Waals surface area contributed by atoms with E-state index in [9.17, 15) is 4.79 Å². The molecule has 0 aliphatic carbocycles. The molecule has 1 unspecified atom stereocenters. The molecule has 1 aromatic heterocycles. The van der Waals surface area contributed by atoms with Gasteiger partial charge in [0.25, 0.3) is 5.91 Å². The van der Waals surface area contributed by atoms with E-state index in [1.807, 2.05) is 21.7 Å². The minimum absolute atomic E-state index is 0.200. The van der Waals surface area contributed by atoms with Crippen molar-refractivity contribution in [2.45, 2.75) is 25.8 Å². The van der Waals surface area contributed by atoms with E-state index in [-0.39, 0.29) is 5.91 Å². The van der Waals surface area contributed by atoms with Gasteiger partial charge in [0.2, 0.25) is 0 Å². The molecule has 2 rings (SSSR count). The van der Waals surface area contributed by atoms with Gasteiger partial charge in [-0.05, 0) is 31.2 Å². The second-order valence-electron chi connectivity index (χ2n) is 3.50. The van der Waals surface area contributed by atoms with Crippen LogP contribution in [0, 0.1) is 0 Å². The van der Waals surface area contributed by atoms with E-state index in [0.717, 1.165) is 24.9 Å². The van der Waals surface area contributed by atoms with E-state index in [4.69, 9.17) is 0 Å². The number of carbonyl (C=O) groups is 1. The first-order valence-corrected chi connectivity index (χ1v) is 5.56. The lowest BCUT2D eigenvalue weighted by Gasteiger charge is -2.20. The molecule has 0 N–H and O–H groups in total. The van der Waals surface area contributed by atoms with Crippen molar-refractivity contribution in [1.82, 2.24) is 4.90 Å². The van der Waals surface area contributed by atoms with Gasteiger partial charge in [-0.15, -0.1) is 0 Å². The zero-order valence-electron chi connectivity index (χ0n) is 7.69. The van der Waals surface area contributed by atoms with Crippen LogP contribution in [0.4, 0.5) is 0 Å². The summed E-state index contributed by atoms with van der Waals surface area (Å²) in [4.78, 5) is 13.8. The summed E-state index contributed by atoms with van der Waals surface area (Å²) in [5.41, 5.74) is 0.846. The molecule has 1 aromatic rings. The summed E-state index contributed by atoms with van der Waals surface area (Å²) in [7, 11) is 0. The highest BCUT2D eigenvalue weighted by atomic mass is 32.1. The Bertz CT molecular complexity index is 294. The third-order valence-corrected chi connectivity index (χ3v) is 3.27. The van der Waals surface area contributed by atoms with E-state index in [2.05, 4.69) is 6.92 Å². The molecule has 3 heteroatoms. The molecule has 0 bridgehead atoms. The van der Waals surface area contributed by atoms with Gasteiger partial charge >= 0.3 is 0 Å². The van der Waals surface area contributed by atoms with Crippen molar-refractivity contribution in [3.63, 3.8) is 0 Å². The topological polar surface area (TPSA) is 20.3 Å². The molecule has 0 saturated carbocycles. The van der Waals surface area contributed by atoms with Crippen LogP contribution in [-0.2, 0) is 0 Å². The summed E-state index contributed by atoms with van der Waals surface area (Å²) in [6.07, 6.45) is 2.30. The molecule has 0 aromatic carbocycles. The molecule has 1 fully saturated rings. The zero-order chi connectivity index (χ0) is 9.26. The van der Waals surface area contributed by atoms with Crippen LogP contribution in [0.15, 0.2) is 16.8 Å². The molecule has 70 valence electrons. The lowest BCUT2D eigenvalue weighted by molar-refractivity contribution is 0.0748. The summed E-state index contributed by atoms with van der Waals surface area (Å²) in [5.74, 6) is 0.200. The van der Waals surface area contributed by atoms with Crippen LogP contribution in [0.25, 0.3) is 0 Å². The monoisotopic (exact) mass is 195 g/mol. The van der Waals surface area contributed by atoms with Crippen molar-refractivity contribution < 1.29 is 4.79 Å².